The maximum Gasteiger partial charge on any atom is 0.417 e. The van der Waals surface area contributed by atoms with E-state index in [-0.39, 0.29) is 17.5 Å². The molecular weight excluding hydrogens is 283 g/mol. The highest BCUT2D eigenvalue weighted by molar-refractivity contribution is 5.59. The first-order valence-corrected chi connectivity index (χ1v) is 6.70. The Hall–Kier alpha value is -1.89. The molecule has 0 aliphatic carbocycles. The van der Waals surface area contributed by atoms with Crippen LogP contribution >= 0.6 is 0 Å². The van der Waals surface area contributed by atoms with Gasteiger partial charge in [-0.15, -0.1) is 10.2 Å². The maximum absolute atomic E-state index is 13.0. The van der Waals surface area contributed by atoms with Gasteiger partial charge in [-0.1, -0.05) is 26.0 Å². The molecule has 0 spiro atoms. The second kappa shape index (κ2) is 6.26. The molecule has 0 bridgehead atoms. The van der Waals surface area contributed by atoms with Crippen LogP contribution in [0.25, 0.3) is 11.5 Å². The van der Waals surface area contributed by atoms with E-state index >= 15 is 0 Å². The van der Waals surface area contributed by atoms with Crippen molar-refractivity contribution in [2.24, 2.45) is 0 Å². The lowest BCUT2D eigenvalue weighted by atomic mass is 10.1. The summed E-state index contributed by atoms with van der Waals surface area (Å²) in [6, 6.07) is 5.01. The van der Waals surface area contributed by atoms with Crippen molar-refractivity contribution in [3.8, 4) is 11.5 Å². The Bertz CT molecular complexity index is 595. The van der Waals surface area contributed by atoms with Gasteiger partial charge in [0.15, 0.2) is 0 Å². The minimum absolute atomic E-state index is 0.102. The first kappa shape index (κ1) is 15.5. The zero-order valence-electron chi connectivity index (χ0n) is 11.7. The van der Waals surface area contributed by atoms with Crippen molar-refractivity contribution in [2.75, 3.05) is 6.54 Å². The Labute approximate surface area is 120 Å². The van der Waals surface area contributed by atoms with Crippen LogP contribution in [0.1, 0.15) is 37.8 Å². The minimum Gasteiger partial charge on any atom is -0.419 e. The van der Waals surface area contributed by atoms with E-state index < -0.39 is 11.7 Å². The van der Waals surface area contributed by atoms with E-state index in [0.29, 0.717) is 18.9 Å². The molecule has 0 aliphatic heterocycles. The molecule has 21 heavy (non-hydrogen) atoms. The summed E-state index contributed by atoms with van der Waals surface area (Å²) in [5, 5.41) is 10.8. The predicted molar refractivity (Wildman–Crippen MR) is 71.4 cm³/mol. The average Bonchev–Trinajstić information content (AvgIpc) is 2.93. The topological polar surface area (TPSA) is 51.0 Å². The van der Waals surface area contributed by atoms with Crippen LogP contribution in [-0.4, -0.2) is 16.7 Å². The zero-order valence-corrected chi connectivity index (χ0v) is 11.7. The summed E-state index contributed by atoms with van der Waals surface area (Å²) in [4.78, 5) is 0. The number of nitrogens with one attached hydrogen (secondary N) is 1. The van der Waals surface area contributed by atoms with Gasteiger partial charge in [-0.3, -0.25) is 0 Å². The van der Waals surface area contributed by atoms with E-state index in [9.17, 15) is 13.2 Å². The Balaban J connectivity index is 2.38. The van der Waals surface area contributed by atoms with Crippen LogP contribution < -0.4 is 5.32 Å². The molecule has 114 valence electrons. The SMILES string of the molecule is CCNC(CC)c1nnc(-c2ccccc2C(F)(F)F)o1. The second-order valence-corrected chi connectivity index (χ2v) is 4.51. The summed E-state index contributed by atoms with van der Waals surface area (Å²) in [6.45, 7) is 4.56. The third kappa shape index (κ3) is 3.41. The van der Waals surface area contributed by atoms with E-state index in [0.717, 1.165) is 6.07 Å². The molecule has 0 saturated heterocycles. The molecule has 1 aromatic carbocycles. The Morgan fingerprint density at radius 3 is 2.52 bits per heavy atom. The van der Waals surface area contributed by atoms with Gasteiger partial charge in [0, 0.05) is 0 Å². The number of hydrogen-bond donors (Lipinski definition) is 1. The fourth-order valence-corrected chi connectivity index (χ4v) is 2.05. The van der Waals surface area contributed by atoms with Gasteiger partial charge in [-0.05, 0) is 25.1 Å². The van der Waals surface area contributed by atoms with Crippen LogP contribution in [0, 0.1) is 0 Å². The maximum atomic E-state index is 13.0. The summed E-state index contributed by atoms with van der Waals surface area (Å²) in [5.74, 6) is 0.181. The van der Waals surface area contributed by atoms with Crippen molar-refractivity contribution >= 4 is 0 Å². The van der Waals surface area contributed by atoms with Crippen molar-refractivity contribution in [3.05, 3.63) is 35.7 Å². The zero-order chi connectivity index (χ0) is 15.5. The first-order chi connectivity index (χ1) is 9.97. The van der Waals surface area contributed by atoms with Crippen LogP contribution in [0.5, 0.6) is 0 Å². The summed E-state index contributed by atoms with van der Waals surface area (Å²) in [5.41, 5.74) is -0.883. The third-order valence-corrected chi connectivity index (χ3v) is 3.06. The molecule has 7 heteroatoms. The molecule has 1 unspecified atom stereocenters. The molecule has 0 saturated carbocycles. The number of benzene rings is 1. The normalized spacial score (nSPS) is 13.4. The van der Waals surface area contributed by atoms with E-state index in [1.165, 1.54) is 18.2 Å². The second-order valence-electron chi connectivity index (χ2n) is 4.51. The standard InChI is InChI=1S/C14H16F3N3O/c1-3-11(18-4-2)13-20-19-12(21-13)9-7-5-6-8-10(9)14(15,16)17/h5-8,11,18H,3-4H2,1-2H3. The highest BCUT2D eigenvalue weighted by Gasteiger charge is 2.34. The molecule has 1 atom stereocenters. The summed E-state index contributed by atoms with van der Waals surface area (Å²) >= 11 is 0. The number of hydrogen-bond acceptors (Lipinski definition) is 4. The number of alkyl halides is 3. The molecule has 0 aliphatic rings. The molecule has 0 fully saturated rings. The van der Waals surface area contributed by atoms with Crippen molar-refractivity contribution in [1.82, 2.24) is 15.5 Å². The molecule has 0 radical (unpaired) electrons. The Morgan fingerprint density at radius 1 is 1.19 bits per heavy atom. The van der Waals surface area contributed by atoms with Crippen LogP contribution in [0.2, 0.25) is 0 Å². The molecule has 2 aromatic rings. The van der Waals surface area contributed by atoms with Crippen molar-refractivity contribution < 1.29 is 17.6 Å². The third-order valence-electron chi connectivity index (χ3n) is 3.06. The monoisotopic (exact) mass is 299 g/mol. The van der Waals surface area contributed by atoms with Crippen LogP contribution in [0.3, 0.4) is 0 Å². The number of nitrogens with zero attached hydrogens (tertiary/aromatic N) is 2. The van der Waals surface area contributed by atoms with E-state index in [1.54, 1.807) is 0 Å². The van der Waals surface area contributed by atoms with Crippen LogP contribution in [-0.2, 0) is 6.18 Å². The van der Waals surface area contributed by atoms with Crippen molar-refractivity contribution in [1.29, 1.82) is 0 Å². The van der Waals surface area contributed by atoms with Gasteiger partial charge in [0.2, 0.25) is 11.8 Å². The molecule has 1 heterocycles. The molecule has 2 rings (SSSR count). The van der Waals surface area contributed by atoms with Gasteiger partial charge >= 0.3 is 6.18 Å². The Morgan fingerprint density at radius 2 is 1.90 bits per heavy atom. The highest BCUT2D eigenvalue weighted by atomic mass is 19.4. The minimum atomic E-state index is -4.46. The fourth-order valence-electron chi connectivity index (χ4n) is 2.05. The lowest BCUT2D eigenvalue weighted by Gasteiger charge is -2.11. The number of rotatable bonds is 5. The molecular formula is C14H16F3N3O. The first-order valence-electron chi connectivity index (χ1n) is 6.70. The van der Waals surface area contributed by atoms with Gasteiger partial charge < -0.3 is 9.73 Å². The van der Waals surface area contributed by atoms with Gasteiger partial charge in [0.25, 0.3) is 0 Å². The van der Waals surface area contributed by atoms with Gasteiger partial charge in [-0.25, -0.2) is 0 Å². The quantitative estimate of drug-likeness (QED) is 0.912. The van der Waals surface area contributed by atoms with E-state index in [2.05, 4.69) is 15.5 Å². The smallest absolute Gasteiger partial charge is 0.417 e. The van der Waals surface area contributed by atoms with Crippen LogP contribution in [0.4, 0.5) is 13.2 Å². The number of halogens is 3. The summed E-state index contributed by atoms with van der Waals surface area (Å²) in [6.07, 6.45) is -3.76. The average molecular weight is 299 g/mol. The largest absolute Gasteiger partial charge is 0.419 e. The van der Waals surface area contributed by atoms with E-state index in [4.69, 9.17) is 4.42 Å². The van der Waals surface area contributed by atoms with Crippen molar-refractivity contribution in [3.63, 3.8) is 0 Å². The fraction of sp³-hybridized carbons (Fsp3) is 0.429. The van der Waals surface area contributed by atoms with Gasteiger partial charge in [0.1, 0.15) is 0 Å². The highest BCUT2D eigenvalue weighted by Crippen LogP contribution is 2.36. The Kier molecular flexibility index (Phi) is 4.62. The molecule has 1 N–H and O–H groups in total. The van der Waals surface area contributed by atoms with E-state index in [1.807, 2.05) is 13.8 Å². The lowest BCUT2D eigenvalue weighted by molar-refractivity contribution is -0.137. The van der Waals surface area contributed by atoms with Crippen molar-refractivity contribution in [2.45, 2.75) is 32.5 Å². The molecule has 4 nitrogen and oxygen atoms in total. The summed E-state index contributed by atoms with van der Waals surface area (Å²) < 4.78 is 44.4. The lowest BCUT2D eigenvalue weighted by Crippen LogP contribution is -2.20. The summed E-state index contributed by atoms with van der Waals surface area (Å²) in [7, 11) is 0. The molecule has 0 amide bonds. The van der Waals surface area contributed by atoms with Gasteiger partial charge in [0.05, 0.1) is 17.2 Å². The number of aromatic nitrogens is 2. The van der Waals surface area contributed by atoms with Crippen LogP contribution in [0.15, 0.2) is 28.7 Å². The predicted octanol–water partition coefficient (Wildman–Crippen LogP) is 3.82. The van der Waals surface area contributed by atoms with Gasteiger partial charge in [-0.2, -0.15) is 13.2 Å². The molecule has 1 aromatic heterocycles.